The van der Waals surface area contributed by atoms with E-state index in [4.69, 9.17) is 0 Å². The first kappa shape index (κ1) is 60.7. The Morgan fingerprint density at radius 3 is 0.750 bits per heavy atom. The summed E-state index contributed by atoms with van der Waals surface area (Å²) in [5.41, 5.74) is 0. The Bertz CT molecular complexity index is 6.00. The largest absolute Gasteiger partial charge is 0.316 e. The summed E-state index contributed by atoms with van der Waals surface area (Å²) >= 11 is 0. The third-order valence-electron chi connectivity index (χ3n) is 0. The molecule has 0 rings (SSSR count). The van der Waals surface area contributed by atoms with Gasteiger partial charge in [0.1, 0.15) is 0 Å². The molecule has 0 fully saturated rings. The summed E-state index contributed by atoms with van der Waals surface area (Å²) < 4.78 is 0. The minimum atomic E-state index is 0. The van der Waals surface area contributed by atoms with Gasteiger partial charge >= 0.3 is 23.1 Å². The van der Waals surface area contributed by atoms with Crippen LogP contribution in [-0.4, -0.2) is 23.1 Å². The second-order valence-electron chi connectivity index (χ2n) is 0. The van der Waals surface area contributed by atoms with Gasteiger partial charge in [-0.05, 0) is 0 Å². The Kier molecular flexibility index (Phi) is 436. The van der Waals surface area contributed by atoms with Crippen molar-refractivity contribution in [2.24, 2.45) is 0 Å². The molecule has 22 valence electrons. The molecule has 0 N–H and O–H groups in total. The summed E-state index contributed by atoms with van der Waals surface area (Å²) in [7, 11) is 0. The van der Waals surface area contributed by atoms with Gasteiger partial charge in [0.2, 0.25) is 0 Å². The molecule has 0 heterocycles. The molecule has 0 aliphatic carbocycles. The van der Waals surface area contributed by atoms with Crippen LogP contribution < -0.4 is 0 Å². The average molecular weight is 132 g/mol. The fourth-order valence-corrected chi connectivity index (χ4v) is 0. The molecule has 0 aliphatic rings. The third-order valence-corrected chi connectivity index (χ3v) is 0. The second kappa shape index (κ2) is 28.7. The molecule has 0 aromatic rings. The van der Waals surface area contributed by atoms with Crippen LogP contribution in [0.1, 0.15) is 0 Å². The van der Waals surface area contributed by atoms with Crippen molar-refractivity contribution in [2.45, 2.75) is 0 Å². The molecule has 4 heavy (non-hydrogen) atoms. The van der Waals surface area contributed by atoms with Gasteiger partial charge in [0, 0.05) is 19.5 Å². The molecular weight excluding hydrogens is 128 g/mol. The molecule has 0 radical (unpaired) electrons. The van der Waals surface area contributed by atoms with Gasteiger partial charge in [-0.1, -0.05) is 0 Å². The summed E-state index contributed by atoms with van der Waals surface area (Å²) in [5, 5.41) is 0. The summed E-state index contributed by atoms with van der Waals surface area (Å²) in [4.78, 5) is 0. The molecule has 0 saturated heterocycles. The van der Waals surface area contributed by atoms with Crippen LogP contribution in [0, 0.1) is 0 Å². The number of hydrogen-bond acceptors (Lipinski definition) is 0. The fourth-order valence-electron chi connectivity index (χ4n) is 0. The fraction of sp³-hybridized carbons (Fsp3) is 0. The van der Waals surface area contributed by atoms with E-state index in [0.29, 0.717) is 0 Å². The standard InChI is InChI=1S/2FH.Mg.Zn.2H/h2*1H;;;;. The molecule has 0 spiro atoms. The van der Waals surface area contributed by atoms with Crippen LogP contribution in [0.2, 0.25) is 0 Å². The van der Waals surface area contributed by atoms with Gasteiger partial charge in [-0.2, -0.15) is 0 Å². The van der Waals surface area contributed by atoms with Crippen molar-refractivity contribution < 1.29 is 28.9 Å². The van der Waals surface area contributed by atoms with Gasteiger partial charge in [0.25, 0.3) is 0 Å². The van der Waals surface area contributed by atoms with Crippen molar-refractivity contribution in [1.82, 2.24) is 0 Å². The van der Waals surface area contributed by atoms with E-state index >= 15 is 0 Å². The first-order valence-corrected chi connectivity index (χ1v) is 0. The van der Waals surface area contributed by atoms with Gasteiger partial charge in [-0.25, -0.2) is 0 Å². The molecule has 0 aliphatic heterocycles. The Labute approximate surface area is 52.0 Å². The smallest absolute Gasteiger partial charge is 0.269 e. The molecule has 4 heteroatoms. The van der Waals surface area contributed by atoms with E-state index in [-0.39, 0.29) is 51.9 Å². The van der Waals surface area contributed by atoms with E-state index < -0.39 is 0 Å². The molecule has 0 amide bonds. The van der Waals surface area contributed by atoms with E-state index in [0.717, 1.165) is 0 Å². The molecule has 0 bridgehead atoms. The summed E-state index contributed by atoms with van der Waals surface area (Å²) in [6.45, 7) is 0. The monoisotopic (exact) mass is 130 g/mol. The van der Waals surface area contributed by atoms with E-state index in [2.05, 4.69) is 0 Å². The molecular formula is H4F2MgZn. The third kappa shape index (κ3) is 10.5. The SMILES string of the molecule is F.F.[MgH2].[Zn]. The van der Waals surface area contributed by atoms with Crippen LogP contribution >= 0.6 is 0 Å². The summed E-state index contributed by atoms with van der Waals surface area (Å²) in [6, 6.07) is 0. The van der Waals surface area contributed by atoms with Gasteiger partial charge in [0.15, 0.2) is 0 Å². The second-order valence-corrected chi connectivity index (χ2v) is 0. The van der Waals surface area contributed by atoms with Gasteiger partial charge < -0.3 is 0 Å². The molecule has 0 aromatic heterocycles. The van der Waals surface area contributed by atoms with Crippen molar-refractivity contribution in [3.63, 3.8) is 0 Å². The predicted octanol–water partition coefficient (Wildman–Crippen LogP) is -0.614. The molecule has 0 saturated carbocycles. The minimum Gasteiger partial charge on any atom is -0.269 e. The van der Waals surface area contributed by atoms with Crippen molar-refractivity contribution >= 4 is 23.1 Å². The Morgan fingerprint density at radius 2 is 0.750 bits per heavy atom. The van der Waals surface area contributed by atoms with Crippen molar-refractivity contribution in [1.29, 1.82) is 0 Å². The van der Waals surface area contributed by atoms with Crippen LogP contribution in [-0.2, 0) is 19.5 Å². The van der Waals surface area contributed by atoms with Crippen molar-refractivity contribution in [3.05, 3.63) is 0 Å². The van der Waals surface area contributed by atoms with Crippen molar-refractivity contribution in [2.75, 3.05) is 0 Å². The Hall–Kier alpha value is 1.25. The minimum absolute atomic E-state index is 0. The van der Waals surface area contributed by atoms with Crippen LogP contribution in [0.15, 0.2) is 0 Å². The zero-order valence-electron chi connectivity index (χ0n) is 1.52. The van der Waals surface area contributed by atoms with Gasteiger partial charge in [0.05, 0.1) is 0 Å². The van der Waals surface area contributed by atoms with E-state index in [1.165, 1.54) is 0 Å². The van der Waals surface area contributed by atoms with E-state index in [1.807, 2.05) is 0 Å². The Morgan fingerprint density at radius 1 is 0.750 bits per heavy atom. The number of halogens is 2. The van der Waals surface area contributed by atoms with Crippen LogP contribution in [0.25, 0.3) is 0 Å². The number of rotatable bonds is 0. The molecule has 0 nitrogen and oxygen atoms in total. The predicted molar refractivity (Wildman–Crippen MR) is 13.5 cm³/mol. The first-order chi connectivity index (χ1) is 0. The molecule has 0 aromatic carbocycles. The van der Waals surface area contributed by atoms with Gasteiger partial charge in [-0.15, -0.1) is 0 Å². The van der Waals surface area contributed by atoms with E-state index in [9.17, 15) is 0 Å². The van der Waals surface area contributed by atoms with Crippen LogP contribution in [0.5, 0.6) is 0 Å². The topological polar surface area (TPSA) is 0 Å². The summed E-state index contributed by atoms with van der Waals surface area (Å²) in [5.74, 6) is 0. The van der Waals surface area contributed by atoms with Crippen molar-refractivity contribution in [3.8, 4) is 0 Å². The number of hydrogen-bond donors (Lipinski definition) is 0. The quantitative estimate of drug-likeness (QED) is 0.385. The molecule has 0 atom stereocenters. The summed E-state index contributed by atoms with van der Waals surface area (Å²) in [6.07, 6.45) is 0. The maximum absolute atomic E-state index is 0. The zero-order chi connectivity index (χ0) is 0. The van der Waals surface area contributed by atoms with Gasteiger partial charge in [-0.3, -0.25) is 9.41 Å². The normalized spacial score (nSPS) is 0. The zero-order valence-corrected chi connectivity index (χ0v) is 4.49. The average Bonchev–Trinajstić information content (AvgIpc) is 0. The molecule has 0 unspecified atom stereocenters. The van der Waals surface area contributed by atoms with Crippen LogP contribution in [0.4, 0.5) is 9.41 Å². The maximum atomic E-state index is 0. The maximum Gasteiger partial charge on any atom is 0.316 e. The first-order valence-electron chi connectivity index (χ1n) is 0. The Balaban J connectivity index is 0. The van der Waals surface area contributed by atoms with E-state index in [1.54, 1.807) is 0 Å². The van der Waals surface area contributed by atoms with Crippen LogP contribution in [0.3, 0.4) is 0 Å².